The van der Waals surface area contributed by atoms with Crippen LogP contribution in [0, 0.1) is 17.8 Å². The highest BCUT2D eigenvalue weighted by atomic mass is 32.2. The summed E-state index contributed by atoms with van der Waals surface area (Å²) >= 11 is 0. The van der Waals surface area contributed by atoms with Crippen LogP contribution in [0.15, 0.2) is 0 Å². The molecule has 0 bridgehead atoms. The number of hydrogen-bond acceptors (Lipinski definition) is 3. The minimum Gasteiger partial charge on any atom is -0.316 e. The molecule has 1 aliphatic rings. The van der Waals surface area contributed by atoms with E-state index in [0.29, 0.717) is 23.3 Å². The zero-order chi connectivity index (χ0) is 15.7. The zero-order valence-corrected chi connectivity index (χ0v) is 15.1. The molecule has 0 aromatic heterocycles. The molecule has 126 valence electrons. The maximum Gasteiger partial charge on any atom is 0.150 e. The van der Waals surface area contributed by atoms with Gasteiger partial charge in [-0.05, 0) is 62.9 Å². The Morgan fingerprint density at radius 1 is 1.00 bits per heavy atom. The van der Waals surface area contributed by atoms with Gasteiger partial charge >= 0.3 is 0 Å². The van der Waals surface area contributed by atoms with Crippen molar-refractivity contribution in [3.05, 3.63) is 0 Å². The molecule has 3 unspecified atom stereocenters. The van der Waals surface area contributed by atoms with E-state index in [-0.39, 0.29) is 0 Å². The molecule has 0 aliphatic heterocycles. The average molecular weight is 318 g/mol. The third kappa shape index (κ3) is 7.14. The third-order valence-electron chi connectivity index (χ3n) is 4.97. The van der Waals surface area contributed by atoms with Crippen LogP contribution in [0.4, 0.5) is 0 Å². The van der Waals surface area contributed by atoms with Crippen molar-refractivity contribution in [1.82, 2.24) is 5.32 Å². The van der Waals surface area contributed by atoms with Crippen molar-refractivity contribution < 1.29 is 8.42 Å². The van der Waals surface area contributed by atoms with E-state index >= 15 is 0 Å². The number of sulfone groups is 1. The summed E-state index contributed by atoms with van der Waals surface area (Å²) in [4.78, 5) is 0. The van der Waals surface area contributed by atoms with Gasteiger partial charge in [0.2, 0.25) is 0 Å². The van der Waals surface area contributed by atoms with Crippen LogP contribution in [0.2, 0.25) is 0 Å². The highest BCUT2D eigenvalue weighted by Gasteiger charge is 2.30. The molecule has 3 nitrogen and oxygen atoms in total. The van der Waals surface area contributed by atoms with Crippen LogP contribution in [0.5, 0.6) is 0 Å². The number of rotatable bonds is 10. The molecule has 0 aromatic rings. The maximum absolute atomic E-state index is 12.0. The van der Waals surface area contributed by atoms with Crippen molar-refractivity contribution in [3.63, 3.8) is 0 Å². The molecular weight excluding hydrogens is 282 g/mol. The van der Waals surface area contributed by atoms with Gasteiger partial charge in [-0.3, -0.25) is 0 Å². The Kier molecular flexibility index (Phi) is 8.88. The molecule has 0 radical (unpaired) electrons. The predicted octanol–water partition coefficient (Wildman–Crippen LogP) is 3.64. The van der Waals surface area contributed by atoms with E-state index < -0.39 is 9.84 Å². The fraction of sp³-hybridized carbons (Fsp3) is 1.00. The second-order valence-electron chi connectivity index (χ2n) is 6.75. The smallest absolute Gasteiger partial charge is 0.150 e. The normalized spacial score (nSPS) is 26.9. The van der Waals surface area contributed by atoms with Crippen molar-refractivity contribution in [1.29, 1.82) is 0 Å². The summed E-state index contributed by atoms with van der Waals surface area (Å²) in [5.41, 5.74) is 0. The minimum absolute atomic E-state index is 0.357. The summed E-state index contributed by atoms with van der Waals surface area (Å²) in [5.74, 6) is 2.84. The summed E-state index contributed by atoms with van der Waals surface area (Å²) < 4.78 is 24.0. The fourth-order valence-electron chi connectivity index (χ4n) is 3.63. The van der Waals surface area contributed by atoms with Crippen molar-refractivity contribution in [3.8, 4) is 0 Å². The van der Waals surface area contributed by atoms with Gasteiger partial charge in [-0.15, -0.1) is 0 Å². The van der Waals surface area contributed by atoms with Gasteiger partial charge in [-0.2, -0.15) is 0 Å². The molecule has 0 spiro atoms. The van der Waals surface area contributed by atoms with Crippen LogP contribution in [-0.2, 0) is 9.84 Å². The molecule has 0 saturated heterocycles. The molecule has 1 N–H and O–H groups in total. The van der Waals surface area contributed by atoms with Gasteiger partial charge in [0.15, 0.2) is 0 Å². The maximum atomic E-state index is 12.0. The van der Waals surface area contributed by atoms with E-state index in [1.807, 2.05) is 6.92 Å². The van der Waals surface area contributed by atoms with Gasteiger partial charge in [-0.25, -0.2) is 8.42 Å². The second kappa shape index (κ2) is 9.83. The SMILES string of the molecule is CCCNCC1CCC(CC)CC1CCS(=O)(=O)CCC. The first-order chi connectivity index (χ1) is 10.0. The predicted molar refractivity (Wildman–Crippen MR) is 91.3 cm³/mol. The zero-order valence-electron chi connectivity index (χ0n) is 14.2. The molecule has 1 saturated carbocycles. The first-order valence-electron chi connectivity index (χ1n) is 8.93. The van der Waals surface area contributed by atoms with E-state index in [1.165, 1.54) is 32.1 Å². The van der Waals surface area contributed by atoms with Gasteiger partial charge in [-0.1, -0.05) is 33.6 Å². The molecule has 3 atom stereocenters. The highest BCUT2D eigenvalue weighted by Crippen LogP contribution is 2.37. The van der Waals surface area contributed by atoms with E-state index in [2.05, 4.69) is 19.2 Å². The van der Waals surface area contributed by atoms with Gasteiger partial charge < -0.3 is 5.32 Å². The molecule has 1 rings (SSSR count). The Morgan fingerprint density at radius 3 is 2.38 bits per heavy atom. The lowest BCUT2D eigenvalue weighted by molar-refractivity contribution is 0.168. The van der Waals surface area contributed by atoms with Crippen LogP contribution in [-0.4, -0.2) is 33.0 Å². The van der Waals surface area contributed by atoms with E-state index in [0.717, 1.165) is 31.8 Å². The second-order valence-corrected chi connectivity index (χ2v) is 9.06. The summed E-state index contributed by atoms with van der Waals surface area (Å²) in [6.07, 6.45) is 7.86. The van der Waals surface area contributed by atoms with Crippen molar-refractivity contribution in [2.45, 2.75) is 65.7 Å². The molecule has 0 amide bonds. The monoisotopic (exact) mass is 317 g/mol. The fourth-order valence-corrected chi connectivity index (χ4v) is 5.11. The molecule has 21 heavy (non-hydrogen) atoms. The Hall–Kier alpha value is -0.0900. The van der Waals surface area contributed by atoms with Gasteiger partial charge in [0.05, 0.1) is 5.75 Å². The Balaban J connectivity index is 2.53. The van der Waals surface area contributed by atoms with Gasteiger partial charge in [0.25, 0.3) is 0 Å². The largest absolute Gasteiger partial charge is 0.316 e. The van der Waals surface area contributed by atoms with Crippen LogP contribution in [0.3, 0.4) is 0 Å². The van der Waals surface area contributed by atoms with E-state index in [4.69, 9.17) is 0 Å². The van der Waals surface area contributed by atoms with Crippen LogP contribution < -0.4 is 5.32 Å². The first kappa shape index (κ1) is 19.0. The van der Waals surface area contributed by atoms with Gasteiger partial charge in [0, 0.05) is 5.75 Å². The molecular formula is C17H35NO2S. The van der Waals surface area contributed by atoms with E-state index in [1.54, 1.807) is 0 Å². The Labute approximate surface area is 132 Å². The first-order valence-corrected chi connectivity index (χ1v) is 10.8. The minimum atomic E-state index is -2.82. The third-order valence-corrected chi connectivity index (χ3v) is 6.86. The number of hydrogen-bond donors (Lipinski definition) is 1. The molecule has 0 heterocycles. The van der Waals surface area contributed by atoms with Crippen LogP contribution in [0.25, 0.3) is 0 Å². The van der Waals surface area contributed by atoms with Crippen LogP contribution >= 0.6 is 0 Å². The lowest BCUT2D eigenvalue weighted by Gasteiger charge is -2.36. The van der Waals surface area contributed by atoms with Crippen molar-refractivity contribution in [2.75, 3.05) is 24.6 Å². The Morgan fingerprint density at radius 2 is 1.76 bits per heavy atom. The molecule has 4 heteroatoms. The van der Waals surface area contributed by atoms with Crippen LogP contribution in [0.1, 0.15) is 65.7 Å². The average Bonchev–Trinajstić information content (AvgIpc) is 2.46. The highest BCUT2D eigenvalue weighted by molar-refractivity contribution is 7.91. The molecule has 1 fully saturated rings. The summed E-state index contributed by atoms with van der Waals surface area (Å²) in [7, 11) is -2.82. The molecule has 1 aliphatic carbocycles. The lowest BCUT2D eigenvalue weighted by atomic mass is 9.72. The Bertz CT molecular complexity index is 365. The lowest BCUT2D eigenvalue weighted by Crippen LogP contribution is -2.34. The summed E-state index contributed by atoms with van der Waals surface area (Å²) in [5, 5.41) is 3.54. The van der Waals surface area contributed by atoms with Gasteiger partial charge in [0.1, 0.15) is 9.84 Å². The topological polar surface area (TPSA) is 46.2 Å². The van der Waals surface area contributed by atoms with Crippen molar-refractivity contribution >= 4 is 9.84 Å². The van der Waals surface area contributed by atoms with E-state index in [9.17, 15) is 8.42 Å². The van der Waals surface area contributed by atoms with Crippen molar-refractivity contribution in [2.24, 2.45) is 17.8 Å². The standard InChI is InChI=1S/C17H35NO2S/c1-4-10-18-14-17-8-7-15(6-3)13-16(17)9-12-21(19,20)11-5-2/h15-18H,4-14H2,1-3H3. The number of nitrogens with one attached hydrogen (secondary N) is 1. The quantitative estimate of drug-likeness (QED) is 0.626. The summed E-state index contributed by atoms with van der Waals surface area (Å²) in [6.45, 7) is 8.56. The summed E-state index contributed by atoms with van der Waals surface area (Å²) in [6, 6.07) is 0. The molecule has 0 aromatic carbocycles.